The summed E-state index contributed by atoms with van der Waals surface area (Å²) in [5, 5.41) is 8.88. The zero-order valence-corrected chi connectivity index (χ0v) is 17.9. The minimum Gasteiger partial charge on any atom is -0.481 e. The predicted octanol–water partition coefficient (Wildman–Crippen LogP) is 7.63. The smallest absolute Gasteiger partial charge is 0.306 e. The number of rotatable bonds is 13. The summed E-state index contributed by atoms with van der Waals surface area (Å²) < 4.78 is 0. The molecule has 0 aromatic heterocycles. The van der Waals surface area contributed by atoms with Crippen molar-refractivity contribution < 1.29 is 9.90 Å². The van der Waals surface area contributed by atoms with Crippen molar-refractivity contribution in [1.29, 1.82) is 0 Å². The van der Waals surface area contributed by atoms with Crippen molar-refractivity contribution >= 4 is 5.97 Å². The Bertz CT molecular complexity index is 528. The van der Waals surface area contributed by atoms with Gasteiger partial charge in [-0.05, 0) is 86.0 Å². The second-order valence-corrected chi connectivity index (χ2v) is 7.87. The number of carboxylic acids is 1. The van der Waals surface area contributed by atoms with Gasteiger partial charge < -0.3 is 5.11 Å². The fraction of sp³-hybridized carbons (Fsp3) is 0.625. The van der Waals surface area contributed by atoms with Crippen LogP contribution in [0.1, 0.15) is 92.9 Å². The summed E-state index contributed by atoms with van der Waals surface area (Å²) in [5.41, 5.74) is 5.72. The van der Waals surface area contributed by atoms with Crippen molar-refractivity contribution in [3.05, 3.63) is 46.6 Å². The first-order valence-corrected chi connectivity index (χ1v) is 10.1. The van der Waals surface area contributed by atoms with E-state index in [0.717, 1.165) is 44.9 Å². The molecule has 1 N–H and O–H groups in total. The molecular formula is C24H40O2. The van der Waals surface area contributed by atoms with Crippen LogP contribution >= 0.6 is 0 Å². The molecule has 0 unspecified atom stereocenters. The van der Waals surface area contributed by atoms with Crippen molar-refractivity contribution in [3.8, 4) is 0 Å². The second kappa shape index (κ2) is 14.6. The normalized spacial score (nSPS) is 14.3. The molecule has 0 aliphatic rings. The first-order valence-electron chi connectivity index (χ1n) is 10.1. The largest absolute Gasteiger partial charge is 0.481 e. The third-order valence-electron chi connectivity index (χ3n) is 4.67. The molecule has 0 aliphatic carbocycles. The minimum absolute atomic E-state index is 0.250. The van der Waals surface area contributed by atoms with Crippen molar-refractivity contribution in [2.45, 2.75) is 92.9 Å². The van der Waals surface area contributed by atoms with Gasteiger partial charge in [-0.1, -0.05) is 53.5 Å². The molecule has 2 nitrogen and oxygen atoms in total. The molecule has 0 amide bonds. The molecule has 0 heterocycles. The lowest BCUT2D eigenvalue weighted by molar-refractivity contribution is -0.141. The van der Waals surface area contributed by atoms with E-state index in [2.05, 4.69) is 58.9 Å². The predicted molar refractivity (Wildman–Crippen MR) is 114 cm³/mol. The summed E-state index contributed by atoms with van der Waals surface area (Å²) in [6.07, 6.45) is 17.5. The molecule has 1 atom stereocenters. The Balaban J connectivity index is 4.03. The van der Waals surface area contributed by atoms with Crippen LogP contribution in [0, 0.1) is 5.92 Å². The van der Waals surface area contributed by atoms with Gasteiger partial charge in [-0.3, -0.25) is 4.79 Å². The van der Waals surface area contributed by atoms with Gasteiger partial charge in [-0.25, -0.2) is 0 Å². The highest BCUT2D eigenvalue weighted by atomic mass is 16.4. The van der Waals surface area contributed by atoms with Crippen LogP contribution in [0.25, 0.3) is 0 Å². The van der Waals surface area contributed by atoms with Crippen molar-refractivity contribution in [1.82, 2.24) is 0 Å². The maximum absolute atomic E-state index is 10.8. The summed E-state index contributed by atoms with van der Waals surface area (Å²) in [6.45, 7) is 12.7. The second-order valence-electron chi connectivity index (χ2n) is 7.87. The van der Waals surface area contributed by atoms with Gasteiger partial charge in [0.25, 0.3) is 0 Å². The van der Waals surface area contributed by atoms with E-state index < -0.39 is 5.97 Å². The van der Waals surface area contributed by atoms with E-state index in [-0.39, 0.29) is 5.92 Å². The summed E-state index contributed by atoms with van der Waals surface area (Å²) in [7, 11) is 0. The molecule has 0 radical (unpaired) electrons. The Hall–Kier alpha value is -1.57. The highest BCUT2D eigenvalue weighted by molar-refractivity contribution is 5.69. The molecule has 0 aromatic rings. The van der Waals surface area contributed by atoms with Gasteiger partial charge >= 0.3 is 5.97 Å². The lowest BCUT2D eigenvalue weighted by atomic mass is 10.0. The van der Waals surface area contributed by atoms with Gasteiger partial charge in [-0.2, -0.15) is 0 Å². The molecule has 0 aliphatic heterocycles. The average molecular weight is 361 g/mol. The summed E-state index contributed by atoms with van der Waals surface area (Å²) in [4.78, 5) is 10.8. The van der Waals surface area contributed by atoms with Crippen LogP contribution < -0.4 is 0 Å². The molecule has 0 aromatic carbocycles. The highest BCUT2D eigenvalue weighted by Crippen LogP contribution is 2.14. The SMILES string of the molecule is CC(C)=CCC/C(C)=C/CC/C(C)=C/CC/C(C)=C\CC[C@H](C)C(=O)O. The third-order valence-corrected chi connectivity index (χ3v) is 4.67. The quantitative estimate of drug-likeness (QED) is 0.343. The van der Waals surface area contributed by atoms with Crippen LogP contribution in [0.3, 0.4) is 0 Å². The van der Waals surface area contributed by atoms with E-state index in [0.29, 0.717) is 0 Å². The lowest BCUT2D eigenvalue weighted by Gasteiger charge is -2.04. The van der Waals surface area contributed by atoms with Crippen molar-refractivity contribution in [2.75, 3.05) is 0 Å². The third kappa shape index (κ3) is 14.7. The topological polar surface area (TPSA) is 37.3 Å². The van der Waals surface area contributed by atoms with Crippen molar-refractivity contribution in [2.24, 2.45) is 5.92 Å². The van der Waals surface area contributed by atoms with Gasteiger partial charge in [0.2, 0.25) is 0 Å². The number of aliphatic carboxylic acids is 1. The van der Waals surface area contributed by atoms with E-state index in [9.17, 15) is 4.79 Å². The van der Waals surface area contributed by atoms with Gasteiger partial charge in [0.1, 0.15) is 0 Å². The number of allylic oxidation sites excluding steroid dienone is 8. The zero-order valence-electron chi connectivity index (χ0n) is 17.9. The van der Waals surface area contributed by atoms with Crippen LogP contribution in [0.4, 0.5) is 0 Å². The summed E-state index contributed by atoms with van der Waals surface area (Å²) in [6, 6.07) is 0. The molecule has 0 spiro atoms. The van der Waals surface area contributed by atoms with Crippen LogP contribution in [0.15, 0.2) is 46.6 Å². The Morgan fingerprint density at radius 3 is 1.50 bits per heavy atom. The van der Waals surface area contributed by atoms with Gasteiger partial charge in [-0.15, -0.1) is 0 Å². The van der Waals surface area contributed by atoms with Crippen LogP contribution in [-0.2, 0) is 4.79 Å². The molecule has 0 fully saturated rings. The maximum Gasteiger partial charge on any atom is 0.306 e. The lowest BCUT2D eigenvalue weighted by Crippen LogP contribution is -2.08. The van der Waals surface area contributed by atoms with E-state index in [1.54, 1.807) is 6.92 Å². The molecule has 0 bridgehead atoms. The first-order chi connectivity index (χ1) is 12.2. The summed E-state index contributed by atoms with van der Waals surface area (Å²) in [5.74, 6) is -0.949. The highest BCUT2D eigenvalue weighted by Gasteiger charge is 2.08. The molecule has 0 saturated heterocycles. The van der Waals surface area contributed by atoms with E-state index in [1.807, 2.05) is 0 Å². The first kappa shape index (κ1) is 24.4. The monoisotopic (exact) mass is 360 g/mol. The summed E-state index contributed by atoms with van der Waals surface area (Å²) >= 11 is 0. The number of carboxylic acid groups (broad SMARTS) is 1. The maximum atomic E-state index is 10.8. The Labute approximate surface area is 161 Å². The van der Waals surface area contributed by atoms with E-state index >= 15 is 0 Å². The Morgan fingerprint density at radius 2 is 1.12 bits per heavy atom. The minimum atomic E-state index is -0.698. The average Bonchev–Trinajstić information content (AvgIpc) is 2.54. The standard InChI is InChI=1S/C24H40O2/c1-19(2)11-7-12-20(3)13-8-14-21(4)15-9-16-22(5)17-10-18-23(6)24(25)26/h11,13,15,17,23H,7-10,12,14,16,18H2,1-6H3,(H,25,26)/b20-13+,21-15+,22-17-/t23-/m0/s1. The number of hydrogen-bond donors (Lipinski definition) is 1. The molecule has 0 saturated carbocycles. The Morgan fingerprint density at radius 1 is 0.731 bits per heavy atom. The molecular weight excluding hydrogens is 320 g/mol. The number of hydrogen-bond acceptors (Lipinski definition) is 1. The van der Waals surface area contributed by atoms with Crippen LogP contribution in [0.5, 0.6) is 0 Å². The van der Waals surface area contributed by atoms with Crippen molar-refractivity contribution in [3.63, 3.8) is 0 Å². The van der Waals surface area contributed by atoms with Gasteiger partial charge in [0, 0.05) is 0 Å². The molecule has 2 heteroatoms. The molecule has 148 valence electrons. The fourth-order valence-corrected chi connectivity index (χ4v) is 2.69. The van der Waals surface area contributed by atoms with Gasteiger partial charge in [0.05, 0.1) is 5.92 Å². The zero-order chi connectivity index (χ0) is 19.9. The molecule has 0 rings (SSSR count). The van der Waals surface area contributed by atoms with Crippen LogP contribution in [-0.4, -0.2) is 11.1 Å². The number of carbonyl (C=O) groups is 1. The van der Waals surface area contributed by atoms with E-state index in [4.69, 9.17) is 5.11 Å². The van der Waals surface area contributed by atoms with Gasteiger partial charge in [0.15, 0.2) is 0 Å². The fourth-order valence-electron chi connectivity index (χ4n) is 2.69. The van der Waals surface area contributed by atoms with E-state index in [1.165, 1.54) is 28.7 Å². The Kier molecular flexibility index (Phi) is 13.7. The van der Waals surface area contributed by atoms with Crippen LogP contribution in [0.2, 0.25) is 0 Å². The molecule has 26 heavy (non-hydrogen) atoms.